The second kappa shape index (κ2) is 4.76. The highest BCUT2D eigenvalue weighted by Gasteiger charge is 2.25. The first-order valence-electron chi connectivity index (χ1n) is 5.77. The van der Waals surface area contributed by atoms with Gasteiger partial charge in [0.05, 0.1) is 15.6 Å². The average Bonchev–Trinajstić information content (AvgIpc) is 2.42. The van der Waals surface area contributed by atoms with Crippen molar-refractivity contribution >= 4 is 34.8 Å². The molecule has 19 heavy (non-hydrogen) atoms. The summed E-state index contributed by atoms with van der Waals surface area (Å²) < 4.78 is 0. The van der Waals surface area contributed by atoms with Gasteiger partial charge in [0.15, 0.2) is 0 Å². The Labute approximate surface area is 120 Å². The van der Waals surface area contributed by atoms with Crippen molar-refractivity contribution in [3.05, 3.63) is 63.6 Å². The molecule has 5 heteroatoms. The van der Waals surface area contributed by atoms with Crippen LogP contribution in [0.1, 0.15) is 22.1 Å². The lowest BCUT2D eigenvalue weighted by atomic mass is 10.1. The molecule has 2 N–H and O–H groups in total. The van der Waals surface area contributed by atoms with Crippen molar-refractivity contribution in [2.75, 3.05) is 5.32 Å². The van der Waals surface area contributed by atoms with E-state index in [1.807, 2.05) is 24.3 Å². The first-order valence-corrected chi connectivity index (χ1v) is 6.53. The quantitative estimate of drug-likeness (QED) is 0.838. The summed E-state index contributed by atoms with van der Waals surface area (Å²) in [5, 5.41) is 7.01. The minimum atomic E-state index is -0.381. The van der Waals surface area contributed by atoms with Crippen LogP contribution < -0.4 is 10.6 Å². The van der Waals surface area contributed by atoms with Crippen LogP contribution in [-0.2, 0) is 0 Å². The molecule has 1 aliphatic heterocycles. The van der Waals surface area contributed by atoms with Crippen LogP contribution in [0.15, 0.2) is 42.5 Å². The number of fused-ring (bicyclic) bond motifs is 1. The lowest BCUT2D eigenvalue weighted by Crippen LogP contribution is -2.38. The third-order valence-corrected chi connectivity index (χ3v) is 3.87. The Bertz CT molecular complexity index is 658. The van der Waals surface area contributed by atoms with Gasteiger partial charge in [0.1, 0.15) is 6.17 Å². The van der Waals surface area contributed by atoms with Crippen molar-refractivity contribution in [2.24, 2.45) is 0 Å². The molecule has 0 fully saturated rings. The zero-order valence-electron chi connectivity index (χ0n) is 9.78. The number of rotatable bonds is 1. The standard InChI is InChI=1S/C14H10Cl2N2O/c15-10-6-3-5-9(12(10)16)13-17-11-7-2-1-4-8(11)14(19)18-13/h1-7,13,17H,(H,18,19)/t13-/m1/s1. The highest BCUT2D eigenvalue weighted by molar-refractivity contribution is 6.42. The molecule has 0 saturated carbocycles. The van der Waals surface area contributed by atoms with Crippen LogP contribution in [0.3, 0.4) is 0 Å². The van der Waals surface area contributed by atoms with Gasteiger partial charge in [-0.1, -0.05) is 47.5 Å². The van der Waals surface area contributed by atoms with E-state index in [1.54, 1.807) is 18.2 Å². The minimum absolute atomic E-state index is 0.129. The Morgan fingerprint density at radius 3 is 2.58 bits per heavy atom. The Balaban J connectivity index is 2.02. The number of anilines is 1. The van der Waals surface area contributed by atoms with Gasteiger partial charge in [-0.05, 0) is 18.2 Å². The first kappa shape index (κ1) is 12.3. The average molecular weight is 293 g/mol. The van der Waals surface area contributed by atoms with Crippen molar-refractivity contribution in [1.82, 2.24) is 5.32 Å². The monoisotopic (exact) mass is 292 g/mol. The summed E-state index contributed by atoms with van der Waals surface area (Å²) in [5.41, 5.74) is 2.15. The summed E-state index contributed by atoms with van der Waals surface area (Å²) >= 11 is 12.2. The summed E-state index contributed by atoms with van der Waals surface area (Å²) in [6.45, 7) is 0. The molecule has 1 aliphatic rings. The number of hydrogen-bond acceptors (Lipinski definition) is 2. The van der Waals surface area contributed by atoms with Crippen molar-refractivity contribution < 1.29 is 4.79 Å². The van der Waals surface area contributed by atoms with Gasteiger partial charge < -0.3 is 10.6 Å². The zero-order chi connectivity index (χ0) is 13.4. The summed E-state index contributed by atoms with van der Waals surface area (Å²) in [7, 11) is 0. The molecule has 3 nitrogen and oxygen atoms in total. The van der Waals surface area contributed by atoms with E-state index >= 15 is 0 Å². The van der Waals surface area contributed by atoms with Gasteiger partial charge in [-0.25, -0.2) is 0 Å². The Morgan fingerprint density at radius 2 is 1.74 bits per heavy atom. The molecule has 0 radical (unpaired) electrons. The zero-order valence-corrected chi connectivity index (χ0v) is 11.3. The maximum absolute atomic E-state index is 12.0. The van der Waals surface area contributed by atoms with Gasteiger partial charge in [-0.15, -0.1) is 0 Å². The van der Waals surface area contributed by atoms with Crippen molar-refractivity contribution in [3.8, 4) is 0 Å². The van der Waals surface area contributed by atoms with Crippen LogP contribution in [0.25, 0.3) is 0 Å². The molecule has 0 bridgehead atoms. The van der Waals surface area contributed by atoms with E-state index in [9.17, 15) is 4.79 Å². The van der Waals surface area contributed by atoms with Crippen LogP contribution >= 0.6 is 23.2 Å². The van der Waals surface area contributed by atoms with E-state index < -0.39 is 0 Å². The fraction of sp³-hybridized carbons (Fsp3) is 0.0714. The van der Waals surface area contributed by atoms with Crippen LogP contribution in [-0.4, -0.2) is 5.91 Å². The molecule has 2 aromatic carbocycles. The molecule has 3 rings (SSSR count). The van der Waals surface area contributed by atoms with Gasteiger partial charge in [0.2, 0.25) is 0 Å². The van der Waals surface area contributed by atoms with E-state index in [1.165, 1.54) is 0 Å². The maximum atomic E-state index is 12.0. The third kappa shape index (κ3) is 2.15. The smallest absolute Gasteiger partial charge is 0.255 e. The number of carbonyl (C=O) groups excluding carboxylic acids is 1. The molecular formula is C14H10Cl2N2O. The molecule has 1 heterocycles. The molecule has 1 amide bonds. The predicted octanol–water partition coefficient (Wildman–Crippen LogP) is 3.85. The predicted molar refractivity (Wildman–Crippen MR) is 76.7 cm³/mol. The van der Waals surface area contributed by atoms with E-state index in [2.05, 4.69) is 10.6 Å². The number of amides is 1. The Hall–Kier alpha value is -1.71. The Morgan fingerprint density at radius 1 is 0.947 bits per heavy atom. The molecule has 0 unspecified atom stereocenters. The molecule has 0 saturated heterocycles. The fourth-order valence-corrected chi connectivity index (χ4v) is 2.52. The summed E-state index contributed by atoms with van der Waals surface area (Å²) in [6, 6.07) is 12.7. The van der Waals surface area contributed by atoms with Crippen molar-refractivity contribution in [3.63, 3.8) is 0 Å². The number of carbonyl (C=O) groups is 1. The van der Waals surface area contributed by atoms with Gasteiger partial charge in [-0.2, -0.15) is 0 Å². The number of benzene rings is 2. The van der Waals surface area contributed by atoms with Crippen LogP contribution in [0, 0.1) is 0 Å². The normalized spacial score (nSPS) is 17.4. The van der Waals surface area contributed by atoms with Gasteiger partial charge in [0, 0.05) is 11.3 Å². The molecule has 0 aliphatic carbocycles. The van der Waals surface area contributed by atoms with Crippen LogP contribution in [0.2, 0.25) is 10.0 Å². The molecule has 1 atom stereocenters. The summed E-state index contributed by atoms with van der Waals surface area (Å²) in [5.74, 6) is -0.129. The van der Waals surface area contributed by atoms with Crippen LogP contribution in [0.4, 0.5) is 5.69 Å². The molecule has 96 valence electrons. The molecule has 2 aromatic rings. The maximum Gasteiger partial charge on any atom is 0.255 e. The Kier molecular flexibility index (Phi) is 3.09. The lowest BCUT2D eigenvalue weighted by Gasteiger charge is -2.28. The number of para-hydroxylation sites is 1. The third-order valence-electron chi connectivity index (χ3n) is 3.04. The van der Waals surface area contributed by atoms with Gasteiger partial charge in [-0.3, -0.25) is 4.79 Å². The lowest BCUT2D eigenvalue weighted by molar-refractivity contribution is 0.0935. The minimum Gasteiger partial charge on any atom is -0.361 e. The molecule has 0 spiro atoms. The first-order chi connectivity index (χ1) is 9.16. The van der Waals surface area contributed by atoms with E-state index in [0.29, 0.717) is 15.6 Å². The molecule has 0 aromatic heterocycles. The topological polar surface area (TPSA) is 41.1 Å². The SMILES string of the molecule is O=C1N[C@H](c2cccc(Cl)c2Cl)Nc2ccccc21. The number of nitrogens with one attached hydrogen (secondary N) is 2. The fourth-order valence-electron chi connectivity index (χ4n) is 2.11. The number of halogens is 2. The van der Waals surface area contributed by atoms with Crippen molar-refractivity contribution in [2.45, 2.75) is 6.17 Å². The van der Waals surface area contributed by atoms with E-state index in [4.69, 9.17) is 23.2 Å². The highest BCUT2D eigenvalue weighted by Crippen LogP contribution is 2.33. The largest absolute Gasteiger partial charge is 0.361 e. The van der Waals surface area contributed by atoms with Crippen molar-refractivity contribution in [1.29, 1.82) is 0 Å². The molecular weight excluding hydrogens is 283 g/mol. The van der Waals surface area contributed by atoms with E-state index in [-0.39, 0.29) is 12.1 Å². The highest BCUT2D eigenvalue weighted by atomic mass is 35.5. The van der Waals surface area contributed by atoms with Gasteiger partial charge in [0.25, 0.3) is 5.91 Å². The summed E-state index contributed by atoms with van der Waals surface area (Å²) in [4.78, 5) is 12.0. The van der Waals surface area contributed by atoms with Gasteiger partial charge >= 0.3 is 0 Å². The van der Waals surface area contributed by atoms with E-state index in [0.717, 1.165) is 11.3 Å². The second-order valence-electron chi connectivity index (χ2n) is 4.24. The second-order valence-corrected chi connectivity index (χ2v) is 5.02. The van der Waals surface area contributed by atoms with Crippen LogP contribution in [0.5, 0.6) is 0 Å². The summed E-state index contributed by atoms with van der Waals surface area (Å²) in [6.07, 6.45) is -0.381. The number of hydrogen-bond donors (Lipinski definition) is 2.